The summed E-state index contributed by atoms with van der Waals surface area (Å²) in [6, 6.07) is 4.35. The zero-order valence-electron chi connectivity index (χ0n) is 10.5. The van der Waals surface area contributed by atoms with Crippen molar-refractivity contribution >= 4 is 10.9 Å². The zero-order chi connectivity index (χ0) is 13.4. The number of nitrogens with zero attached hydrogens (tertiary/aromatic N) is 1. The Hall–Kier alpha value is -2.17. The average molecular weight is 249 g/mol. The molecule has 0 atom stereocenters. The van der Waals surface area contributed by atoms with Crippen LogP contribution in [0.2, 0.25) is 0 Å². The third-order valence-corrected chi connectivity index (χ3v) is 2.84. The molecule has 2 aromatic rings. The van der Waals surface area contributed by atoms with E-state index in [4.69, 9.17) is 4.74 Å². The molecule has 0 fully saturated rings. The van der Waals surface area contributed by atoms with Crippen molar-refractivity contribution < 1.29 is 14.9 Å². The number of benzene rings is 1. The number of rotatable bonds is 2. The van der Waals surface area contributed by atoms with Crippen LogP contribution in [0, 0.1) is 0 Å². The van der Waals surface area contributed by atoms with Crippen LogP contribution in [0.15, 0.2) is 23.0 Å². The largest absolute Gasteiger partial charge is 0.508 e. The molecule has 0 unspecified atom stereocenters. The van der Waals surface area contributed by atoms with Gasteiger partial charge in [0.25, 0.3) is 5.56 Å². The normalized spacial score (nSPS) is 11.1. The van der Waals surface area contributed by atoms with Crippen LogP contribution in [-0.4, -0.2) is 21.9 Å². The van der Waals surface area contributed by atoms with Crippen LogP contribution < -0.4 is 10.3 Å². The Labute approximate surface area is 104 Å². The van der Waals surface area contributed by atoms with Crippen LogP contribution in [-0.2, 0) is 0 Å². The highest BCUT2D eigenvalue weighted by Gasteiger charge is 2.18. The van der Waals surface area contributed by atoms with Crippen molar-refractivity contribution in [2.24, 2.45) is 0 Å². The number of aromatic nitrogens is 1. The topological polar surface area (TPSA) is 71.7 Å². The third kappa shape index (κ3) is 1.68. The van der Waals surface area contributed by atoms with Gasteiger partial charge in [0.1, 0.15) is 5.75 Å². The molecule has 18 heavy (non-hydrogen) atoms. The van der Waals surface area contributed by atoms with Gasteiger partial charge in [-0.15, -0.1) is 0 Å². The van der Waals surface area contributed by atoms with Gasteiger partial charge in [0.2, 0.25) is 5.75 Å². The SMILES string of the molecule is COc1c(O)c2ccc(O)cc2n(C(C)C)c1=O. The van der Waals surface area contributed by atoms with E-state index in [0.717, 1.165) is 0 Å². The maximum Gasteiger partial charge on any atom is 0.297 e. The second-order valence-corrected chi connectivity index (χ2v) is 4.35. The number of hydrogen-bond donors (Lipinski definition) is 2. The van der Waals surface area contributed by atoms with E-state index in [2.05, 4.69) is 0 Å². The van der Waals surface area contributed by atoms with Gasteiger partial charge in [-0.25, -0.2) is 0 Å². The highest BCUT2D eigenvalue weighted by molar-refractivity contribution is 5.88. The minimum absolute atomic E-state index is 0.0425. The van der Waals surface area contributed by atoms with E-state index in [1.165, 1.54) is 23.8 Å². The van der Waals surface area contributed by atoms with Gasteiger partial charge in [-0.05, 0) is 26.0 Å². The van der Waals surface area contributed by atoms with Gasteiger partial charge in [0, 0.05) is 17.5 Å². The summed E-state index contributed by atoms with van der Waals surface area (Å²) >= 11 is 0. The lowest BCUT2D eigenvalue weighted by molar-refractivity contribution is 0.364. The number of fused-ring (bicyclic) bond motifs is 1. The molecule has 1 aromatic carbocycles. The molecule has 0 saturated heterocycles. The van der Waals surface area contributed by atoms with Crippen LogP contribution in [0.25, 0.3) is 10.9 Å². The van der Waals surface area contributed by atoms with Gasteiger partial charge < -0.3 is 19.5 Å². The van der Waals surface area contributed by atoms with Crippen molar-refractivity contribution in [3.63, 3.8) is 0 Å². The average Bonchev–Trinajstić information content (AvgIpc) is 2.28. The quantitative estimate of drug-likeness (QED) is 0.854. The number of phenolic OH excluding ortho intramolecular Hbond substituents is 1. The van der Waals surface area contributed by atoms with Crippen molar-refractivity contribution in [3.8, 4) is 17.2 Å². The Kier molecular flexibility index (Phi) is 2.90. The maximum absolute atomic E-state index is 12.2. The number of aromatic hydroxyl groups is 2. The van der Waals surface area contributed by atoms with Gasteiger partial charge in [0.15, 0.2) is 5.75 Å². The second-order valence-electron chi connectivity index (χ2n) is 4.35. The molecular formula is C13H15NO4. The monoisotopic (exact) mass is 249 g/mol. The zero-order valence-corrected chi connectivity index (χ0v) is 10.5. The Balaban J connectivity index is 3.03. The van der Waals surface area contributed by atoms with Gasteiger partial charge in [-0.3, -0.25) is 4.79 Å². The predicted molar refractivity (Wildman–Crippen MR) is 68.5 cm³/mol. The summed E-state index contributed by atoms with van der Waals surface area (Å²) in [6.45, 7) is 3.70. The highest BCUT2D eigenvalue weighted by atomic mass is 16.5. The number of methoxy groups -OCH3 is 1. The number of ether oxygens (including phenoxy) is 1. The lowest BCUT2D eigenvalue weighted by Gasteiger charge is -2.17. The molecule has 0 radical (unpaired) electrons. The van der Waals surface area contributed by atoms with Crippen molar-refractivity contribution in [2.75, 3.05) is 7.11 Å². The van der Waals surface area contributed by atoms with E-state index in [9.17, 15) is 15.0 Å². The summed E-state index contributed by atoms with van der Waals surface area (Å²) < 4.78 is 6.44. The van der Waals surface area contributed by atoms with E-state index in [-0.39, 0.29) is 23.3 Å². The first kappa shape index (κ1) is 12.3. The summed E-state index contributed by atoms with van der Waals surface area (Å²) in [6.07, 6.45) is 0. The number of pyridine rings is 1. The van der Waals surface area contributed by atoms with Gasteiger partial charge in [0.05, 0.1) is 12.6 Å². The first-order chi connectivity index (χ1) is 8.47. The fraction of sp³-hybridized carbons (Fsp3) is 0.308. The Morgan fingerprint density at radius 1 is 1.28 bits per heavy atom. The van der Waals surface area contributed by atoms with Crippen molar-refractivity contribution in [2.45, 2.75) is 19.9 Å². The summed E-state index contributed by atoms with van der Waals surface area (Å²) in [5.41, 5.74) is 0.0661. The molecule has 5 nitrogen and oxygen atoms in total. The lowest BCUT2D eigenvalue weighted by atomic mass is 10.1. The van der Waals surface area contributed by atoms with Gasteiger partial charge in [-0.1, -0.05) is 0 Å². The van der Waals surface area contributed by atoms with E-state index in [1.54, 1.807) is 6.07 Å². The van der Waals surface area contributed by atoms with Crippen molar-refractivity contribution in [1.29, 1.82) is 0 Å². The van der Waals surface area contributed by atoms with E-state index in [1.807, 2.05) is 13.8 Å². The van der Waals surface area contributed by atoms with Crippen LogP contribution in [0.3, 0.4) is 0 Å². The molecule has 2 N–H and O–H groups in total. The first-order valence-electron chi connectivity index (χ1n) is 5.61. The lowest BCUT2D eigenvalue weighted by Crippen LogP contribution is -2.23. The molecule has 0 spiro atoms. The van der Waals surface area contributed by atoms with Gasteiger partial charge in [-0.2, -0.15) is 0 Å². The fourth-order valence-corrected chi connectivity index (χ4v) is 2.06. The molecule has 1 heterocycles. The summed E-state index contributed by atoms with van der Waals surface area (Å²) in [4.78, 5) is 12.2. The minimum atomic E-state index is -0.414. The Morgan fingerprint density at radius 3 is 2.50 bits per heavy atom. The first-order valence-corrected chi connectivity index (χ1v) is 5.61. The molecule has 0 aliphatic rings. The van der Waals surface area contributed by atoms with Gasteiger partial charge >= 0.3 is 0 Å². The third-order valence-electron chi connectivity index (χ3n) is 2.84. The maximum atomic E-state index is 12.2. The van der Waals surface area contributed by atoms with E-state index < -0.39 is 5.56 Å². The van der Waals surface area contributed by atoms with Crippen LogP contribution >= 0.6 is 0 Å². The molecule has 0 amide bonds. The molecule has 0 saturated carbocycles. The van der Waals surface area contributed by atoms with Crippen LogP contribution in [0.1, 0.15) is 19.9 Å². The fourth-order valence-electron chi connectivity index (χ4n) is 2.06. The number of hydrogen-bond acceptors (Lipinski definition) is 4. The second kappa shape index (κ2) is 4.25. The molecular weight excluding hydrogens is 234 g/mol. The molecule has 0 aliphatic heterocycles. The Morgan fingerprint density at radius 2 is 1.94 bits per heavy atom. The standard InChI is InChI=1S/C13H15NO4/c1-7(2)14-10-6-8(15)4-5-9(10)11(16)12(18-3)13(14)17/h4-7,15-16H,1-3H3. The van der Waals surface area contributed by atoms with E-state index >= 15 is 0 Å². The van der Waals surface area contributed by atoms with Crippen LogP contribution in [0.5, 0.6) is 17.2 Å². The highest BCUT2D eigenvalue weighted by Crippen LogP contribution is 2.33. The van der Waals surface area contributed by atoms with Crippen LogP contribution in [0.4, 0.5) is 0 Å². The smallest absolute Gasteiger partial charge is 0.297 e. The Bertz CT molecular complexity index is 658. The molecule has 0 bridgehead atoms. The summed E-state index contributed by atoms with van der Waals surface area (Å²) in [7, 11) is 1.34. The molecule has 0 aliphatic carbocycles. The van der Waals surface area contributed by atoms with Crippen molar-refractivity contribution in [3.05, 3.63) is 28.6 Å². The van der Waals surface area contributed by atoms with Crippen molar-refractivity contribution in [1.82, 2.24) is 4.57 Å². The molecule has 2 rings (SSSR count). The predicted octanol–water partition coefficient (Wildman–Crippen LogP) is 2.00. The van der Waals surface area contributed by atoms with E-state index in [0.29, 0.717) is 10.9 Å². The number of phenols is 1. The molecule has 96 valence electrons. The molecule has 1 aromatic heterocycles. The summed E-state index contributed by atoms with van der Waals surface area (Å²) in [5.74, 6) is -0.239. The summed E-state index contributed by atoms with van der Waals surface area (Å²) in [5, 5.41) is 20.0. The minimum Gasteiger partial charge on any atom is -0.508 e. The molecule has 5 heteroatoms.